The predicted molar refractivity (Wildman–Crippen MR) is 70.9 cm³/mol. The van der Waals surface area contributed by atoms with E-state index in [-0.39, 0.29) is 12.4 Å². The average molecular weight is 250 g/mol. The van der Waals surface area contributed by atoms with Crippen LogP contribution < -0.4 is 5.32 Å². The van der Waals surface area contributed by atoms with Crippen molar-refractivity contribution in [3.63, 3.8) is 0 Å². The van der Waals surface area contributed by atoms with Gasteiger partial charge >= 0.3 is 0 Å². The van der Waals surface area contributed by atoms with E-state index in [0.29, 0.717) is 0 Å². The number of nitrogens with zero attached hydrogens (tertiary/aromatic N) is 2. The summed E-state index contributed by atoms with van der Waals surface area (Å²) in [7, 11) is 2.07. The van der Waals surface area contributed by atoms with Gasteiger partial charge in [0.05, 0.1) is 17.4 Å². The fourth-order valence-electron chi connectivity index (χ4n) is 3.33. The Morgan fingerprint density at radius 1 is 1.24 bits per heavy atom. The SMILES string of the molecule is Cl.Cn1cnc2cc3c(cc21)C1CNCC3C1. The summed E-state index contributed by atoms with van der Waals surface area (Å²) < 4.78 is 2.12. The van der Waals surface area contributed by atoms with Crippen molar-refractivity contribution in [1.29, 1.82) is 0 Å². The van der Waals surface area contributed by atoms with E-state index in [4.69, 9.17) is 0 Å². The summed E-state index contributed by atoms with van der Waals surface area (Å²) in [4.78, 5) is 4.45. The van der Waals surface area contributed by atoms with Gasteiger partial charge in [-0.05, 0) is 41.5 Å². The molecule has 1 saturated heterocycles. The summed E-state index contributed by atoms with van der Waals surface area (Å²) in [5.74, 6) is 1.45. The van der Waals surface area contributed by atoms with Crippen molar-refractivity contribution in [2.75, 3.05) is 13.1 Å². The van der Waals surface area contributed by atoms with Crippen molar-refractivity contribution in [3.05, 3.63) is 29.6 Å². The van der Waals surface area contributed by atoms with Crippen LogP contribution in [0.25, 0.3) is 11.0 Å². The third kappa shape index (κ3) is 1.42. The molecule has 17 heavy (non-hydrogen) atoms. The van der Waals surface area contributed by atoms with E-state index in [1.54, 1.807) is 11.1 Å². The number of aromatic nitrogens is 2. The third-order valence-electron chi connectivity index (χ3n) is 4.16. The first kappa shape index (κ1) is 11.1. The topological polar surface area (TPSA) is 29.9 Å². The van der Waals surface area contributed by atoms with Crippen LogP contribution in [0.1, 0.15) is 29.4 Å². The molecule has 0 radical (unpaired) electrons. The lowest BCUT2D eigenvalue weighted by Crippen LogP contribution is -2.28. The van der Waals surface area contributed by atoms with Crippen molar-refractivity contribution in [3.8, 4) is 0 Å². The number of hydrogen-bond donors (Lipinski definition) is 1. The summed E-state index contributed by atoms with van der Waals surface area (Å²) in [5, 5.41) is 3.53. The van der Waals surface area contributed by atoms with Gasteiger partial charge < -0.3 is 9.88 Å². The zero-order chi connectivity index (χ0) is 10.7. The molecule has 1 aliphatic heterocycles. The third-order valence-corrected chi connectivity index (χ3v) is 4.16. The minimum atomic E-state index is 0. The highest BCUT2D eigenvalue weighted by Crippen LogP contribution is 2.44. The molecule has 2 atom stereocenters. The van der Waals surface area contributed by atoms with E-state index < -0.39 is 0 Å². The van der Waals surface area contributed by atoms with Crippen LogP contribution in [0.3, 0.4) is 0 Å². The fraction of sp³-hybridized carbons (Fsp3) is 0.462. The van der Waals surface area contributed by atoms with E-state index in [0.717, 1.165) is 30.4 Å². The van der Waals surface area contributed by atoms with Gasteiger partial charge in [0, 0.05) is 20.1 Å². The molecule has 2 aromatic rings. The Labute approximate surface area is 107 Å². The first-order valence-corrected chi connectivity index (χ1v) is 5.98. The first-order valence-electron chi connectivity index (χ1n) is 5.98. The van der Waals surface area contributed by atoms with Gasteiger partial charge in [0.1, 0.15) is 0 Å². The van der Waals surface area contributed by atoms with Crippen molar-refractivity contribution in [1.82, 2.24) is 14.9 Å². The zero-order valence-electron chi connectivity index (χ0n) is 9.81. The predicted octanol–water partition coefficient (Wildman–Crippen LogP) is 2.17. The summed E-state index contributed by atoms with van der Waals surface area (Å²) in [5.41, 5.74) is 5.52. The normalized spacial score (nSPS) is 25.7. The summed E-state index contributed by atoms with van der Waals surface area (Å²) in [6, 6.07) is 4.66. The van der Waals surface area contributed by atoms with Gasteiger partial charge in [0.15, 0.2) is 0 Å². The van der Waals surface area contributed by atoms with E-state index in [1.807, 2.05) is 6.33 Å². The largest absolute Gasteiger partial charge is 0.334 e. The maximum Gasteiger partial charge on any atom is 0.0955 e. The maximum atomic E-state index is 4.45. The molecule has 2 bridgehead atoms. The number of imidazole rings is 1. The van der Waals surface area contributed by atoms with Gasteiger partial charge in [-0.25, -0.2) is 4.98 Å². The van der Waals surface area contributed by atoms with Crippen molar-refractivity contribution < 1.29 is 0 Å². The molecule has 1 aliphatic carbocycles. The van der Waals surface area contributed by atoms with Gasteiger partial charge in [0.25, 0.3) is 0 Å². The van der Waals surface area contributed by atoms with Crippen LogP contribution in [0, 0.1) is 0 Å². The minimum Gasteiger partial charge on any atom is -0.334 e. The number of fused-ring (bicyclic) bond motifs is 6. The number of hydrogen-bond acceptors (Lipinski definition) is 2. The van der Waals surface area contributed by atoms with Gasteiger partial charge in [0.2, 0.25) is 0 Å². The molecular weight excluding hydrogens is 234 g/mol. The number of piperidine rings is 1. The van der Waals surface area contributed by atoms with E-state index in [9.17, 15) is 0 Å². The molecule has 90 valence electrons. The number of nitrogens with one attached hydrogen (secondary N) is 1. The van der Waals surface area contributed by atoms with Gasteiger partial charge in [-0.2, -0.15) is 0 Å². The van der Waals surface area contributed by atoms with E-state index >= 15 is 0 Å². The Morgan fingerprint density at radius 2 is 1.94 bits per heavy atom. The first-order chi connectivity index (χ1) is 7.83. The fourth-order valence-corrected chi connectivity index (χ4v) is 3.33. The Kier molecular flexibility index (Phi) is 2.42. The Balaban J connectivity index is 0.000000902. The van der Waals surface area contributed by atoms with Crippen LogP contribution in [-0.2, 0) is 7.05 Å². The minimum absolute atomic E-state index is 0. The van der Waals surface area contributed by atoms with Crippen LogP contribution in [0.5, 0.6) is 0 Å². The molecule has 1 N–H and O–H groups in total. The molecule has 4 heteroatoms. The molecule has 4 rings (SSSR count). The summed E-state index contributed by atoms with van der Waals surface area (Å²) >= 11 is 0. The Morgan fingerprint density at radius 3 is 2.71 bits per heavy atom. The van der Waals surface area contributed by atoms with Crippen LogP contribution in [0.2, 0.25) is 0 Å². The lowest BCUT2D eigenvalue weighted by Gasteiger charge is -2.19. The lowest BCUT2D eigenvalue weighted by atomic mass is 9.98. The van der Waals surface area contributed by atoms with Crippen molar-refractivity contribution in [2.24, 2.45) is 7.05 Å². The Hall–Kier alpha value is -1.06. The van der Waals surface area contributed by atoms with Crippen molar-refractivity contribution in [2.45, 2.75) is 18.3 Å². The molecule has 3 nitrogen and oxygen atoms in total. The number of aryl methyl sites for hydroxylation is 1. The molecular formula is C13H16ClN3. The highest BCUT2D eigenvalue weighted by Gasteiger charge is 2.34. The van der Waals surface area contributed by atoms with Crippen LogP contribution in [-0.4, -0.2) is 22.6 Å². The van der Waals surface area contributed by atoms with Gasteiger partial charge in [-0.15, -0.1) is 12.4 Å². The Bertz CT molecular complexity index is 575. The monoisotopic (exact) mass is 249 g/mol. The second-order valence-electron chi connectivity index (χ2n) is 5.11. The standard InChI is InChI=1S/C13H15N3.ClH/c1-16-7-15-12-3-10-8-2-9(6-14-5-8)11(10)4-13(12)16;/h3-4,7-9,14H,2,5-6H2,1H3;1H. The molecule has 1 aromatic heterocycles. The van der Waals surface area contributed by atoms with Gasteiger partial charge in [-0.1, -0.05) is 0 Å². The molecule has 0 amide bonds. The van der Waals surface area contributed by atoms with Crippen molar-refractivity contribution >= 4 is 23.4 Å². The molecule has 2 aliphatic rings. The molecule has 1 aromatic carbocycles. The zero-order valence-corrected chi connectivity index (χ0v) is 10.6. The van der Waals surface area contributed by atoms with Crippen LogP contribution >= 0.6 is 12.4 Å². The smallest absolute Gasteiger partial charge is 0.0955 e. The van der Waals surface area contributed by atoms with Gasteiger partial charge in [-0.3, -0.25) is 0 Å². The average Bonchev–Trinajstić information content (AvgIpc) is 2.79. The van der Waals surface area contributed by atoms with E-state index in [1.165, 1.54) is 11.9 Å². The molecule has 0 saturated carbocycles. The quantitative estimate of drug-likeness (QED) is 0.776. The molecule has 2 unspecified atom stereocenters. The molecule has 1 fully saturated rings. The maximum absolute atomic E-state index is 4.45. The molecule has 2 heterocycles. The summed E-state index contributed by atoms with van der Waals surface area (Å²) in [6.07, 6.45) is 3.24. The molecule has 0 spiro atoms. The number of halogens is 1. The highest BCUT2D eigenvalue weighted by atomic mass is 35.5. The summed E-state index contributed by atoms with van der Waals surface area (Å²) in [6.45, 7) is 2.29. The second kappa shape index (κ2) is 3.72. The number of benzene rings is 1. The van der Waals surface area contributed by atoms with E-state index in [2.05, 4.69) is 34.0 Å². The highest BCUT2D eigenvalue weighted by molar-refractivity contribution is 5.85. The number of rotatable bonds is 0. The van der Waals surface area contributed by atoms with Crippen LogP contribution in [0.15, 0.2) is 18.5 Å². The lowest BCUT2D eigenvalue weighted by molar-refractivity contribution is 0.454. The van der Waals surface area contributed by atoms with Crippen LogP contribution in [0.4, 0.5) is 0 Å². The second-order valence-corrected chi connectivity index (χ2v) is 5.11.